The maximum Gasteiger partial charge on any atom is 0.240 e. The summed E-state index contributed by atoms with van der Waals surface area (Å²) in [5, 5.41) is 0. The number of likely N-dealkylation sites (tertiary alicyclic amines) is 1. The molecule has 2 aliphatic carbocycles. The van der Waals surface area contributed by atoms with Gasteiger partial charge in [0.2, 0.25) is 15.9 Å². The maximum atomic E-state index is 12.6. The van der Waals surface area contributed by atoms with Gasteiger partial charge < -0.3 is 4.90 Å². The highest BCUT2D eigenvalue weighted by molar-refractivity contribution is 7.89. The molecule has 0 bridgehead atoms. The van der Waals surface area contributed by atoms with Gasteiger partial charge in [-0.25, -0.2) is 13.1 Å². The molecule has 1 aromatic rings. The van der Waals surface area contributed by atoms with E-state index in [1.54, 1.807) is 6.07 Å². The fourth-order valence-electron chi connectivity index (χ4n) is 3.71. The number of aryl methyl sites for hydroxylation is 2. The van der Waals surface area contributed by atoms with Crippen molar-refractivity contribution in [2.75, 3.05) is 6.54 Å². The number of carbonyl (C=O) groups is 1. The molecule has 124 valence electrons. The van der Waals surface area contributed by atoms with E-state index in [-0.39, 0.29) is 18.4 Å². The highest BCUT2D eigenvalue weighted by Gasteiger charge is 2.40. The lowest BCUT2D eigenvalue weighted by molar-refractivity contribution is -0.128. The number of nitrogens with zero attached hydrogens (tertiary/aromatic N) is 1. The van der Waals surface area contributed by atoms with Crippen molar-refractivity contribution in [3.8, 4) is 0 Å². The zero-order valence-electron chi connectivity index (χ0n) is 13.1. The Morgan fingerprint density at radius 3 is 2.57 bits per heavy atom. The van der Waals surface area contributed by atoms with Gasteiger partial charge in [0.15, 0.2) is 0 Å². The summed E-state index contributed by atoms with van der Waals surface area (Å²) in [5.74, 6) is 0.0747. The molecule has 1 saturated carbocycles. The average Bonchev–Trinajstić information content (AvgIpc) is 3.31. The van der Waals surface area contributed by atoms with Crippen molar-refractivity contribution in [2.24, 2.45) is 0 Å². The number of nitrogens with one attached hydrogen (secondary N) is 1. The lowest BCUT2D eigenvalue weighted by atomic mass is 9.92. The highest BCUT2D eigenvalue weighted by atomic mass is 32.2. The molecule has 6 heteroatoms. The molecule has 1 N–H and O–H groups in total. The van der Waals surface area contributed by atoms with Crippen LogP contribution in [0.1, 0.15) is 43.2 Å². The third-order valence-electron chi connectivity index (χ3n) is 5.10. The van der Waals surface area contributed by atoms with Gasteiger partial charge >= 0.3 is 0 Å². The molecule has 0 aromatic heterocycles. The van der Waals surface area contributed by atoms with E-state index in [0.717, 1.165) is 37.7 Å². The van der Waals surface area contributed by atoms with E-state index in [9.17, 15) is 13.2 Å². The summed E-state index contributed by atoms with van der Waals surface area (Å²) in [4.78, 5) is 14.1. The van der Waals surface area contributed by atoms with Gasteiger partial charge in [0.25, 0.3) is 0 Å². The monoisotopic (exact) mass is 334 g/mol. The maximum absolute atomic E-state index is 12.6. The van der Waals surface area contributed by atoms with Crippen LogP contribution in [-0.2, 0) is 27.7 Å². The number of amides is 1. The van der Waals surface area contributed by atoms with Crippen molar-refractivity contribution < 1.29 is 13.2 Å². The number of rotatable bonds is 4. The van der Waals surface area contributed by atoms with Crippen LogP contribution in [0.25, 0.3) is 0 Å². The Hall–Kier alpha value is -1.40. The van der Waals surface area contributed by atoms with E-state index in [2.05, 4.69) is 4.72 Å². The zero-order chi connectivity index (χ0) is 16.0. The summed E-state index contributed by atoms with van der Waals surface area (Å²) in [6.07, 6.45) is 6.68. The van der Waals surface area contributed by atoms with Gasteiger partial charge in [-0.05, 0) is 61.8 Å². The third kappa shape index (κ3) is 3.02. The van der Waals surface area contributed by atoms with Crippen molar-refractivity contribution >= 4 is 15.9 Å². The Balaban J connectivity index is 1.50. The summed E-state index contributed by atoms with van der Waals surface area (Å²) in [7, 11) is -3.56. The fourth-order valence-corrected chi connectivity index (χ4v) is 4.99. The zero-order valence-corrected chi connectivity index (χ0v) is 13.9. The first-order chi connectivity index (χ1) is 11.0. The second-order valence-electron chi connectivity index (χ2n) is 6.94. The number of sulfonamides is 1. The largest absolute Gasteiger partial charge is 0.338 e. The molecule has 4 rings (SSSR count). The van der Waals surface area contributed by atoms with E-state index >= 15 is 0 Å². The molecule has 1 aromatic carbocycles. The van der Waals surface area contributed by atoms with Crippen molar-refractivity contribution in [1.29, 1.82) is 0 Å². The molecule has 1 unspecified atom stereocenters. The Morgan fingerprint density at radius 2 is 1.83 bits per heavy atom. The first kappa shape index (κ1) is 15.1. The van der Waals surface area contributed by atoms with Crippen molar-refractivity contribution in [3.05, 3.63) is 29.3 Å². The molecule has 5 nitrogen and oxygen atoms in total. The molecule has 1 amide bonds. The predicted octanol–water partition coefficient (Wildman–Crippen LogP) is 1.61. The smallest absolute Gasteiger partial charge is 0.240 e. The number of fused-ring (bicyclic) bond motifs is 1. The Bertz CT molecular complexity index is 740. The number of benzene rings is 1. The minimum atomic E-state index is -3.56. The van der Waals surface area contributed by atoms with Crippen LogP contribution in [-0.4, -0.2) is 37.9 Å². The molecule has 1 heterocycles. The van der Waals surface area contributed by atoms with Crippen LogP contribution < -0.4 is 4.72 Å². The summed E-state index contributed by atoms with van der Waals surface area (Å²) in [6.45, 7) is 0.508. The second kappa shape index (κ2) is 5.60. The molecule has 0 spiro atoms. The van der Waals surface area contributed by atoms with Crippen LogP contribution >= 0.6 is 0 Å². The molecule has 2 fully saturated rings. The van der Waals surface area contributed by atoms with Gasteiger partial charge in [-0.1, -0.05) is 6.07 Å². The van der Waals surface area contributed by atoms with E-state index in [1.165, 1.54) is 12.0 Å². The minimum absolute atomic E-state index is 0.0747. The minimum Gasteiger partial charge on any atom is -0.338 e. The van der Waals surface area contributed by atoms with E-state index < -0.39 is 10.0 Å². The standard InChI is InChI=1S/C17H22N2O3S/c20-17-10-14(11-19(17)15-6-7-15)18-23(21,22)16-8-5-12-3-1-2-4-13(12)9-16/h5,8-9,14-15,18H,1-4,6-7,10-11H2. The number of hydrogen-bond donors (Lipinski definition) is 1. The lowest BCUT2D eigenvalue weighted by Gasteiger charge is -2.18. The molecule has 1 saturated heterocycles. The molecule has 23 heavy (non-hydrogen) atoms. The number of hydrogen-bond acceptors (Lipinski definition) is 3. The Labute approximate surface area is 137 Å². The summed E-state index contributed by atoms with van der Waals surface area (Å²) in [5.41, 5.74) is 2.42. The molecular formula is C17H22N2O3S. The van der Waals surface area contributed by atoms with Gasteiger partial charge in [0.1, 0.15) is 0 Å². The molecule has 3 aliphatic rings. The van der Waals surface area contributed by atoms with Crippen LogP contribution in [0.5, 0.6) is 0 Å². The molecular weight excluding hydrogens is 312 g/mol. The van der Waals surface area contributed by atoms with Gasteiger partial charge in [0, 0.05) is 25.0 Å². The quantitative estimate of drug-likeness (QED) is 0.910. The van der Waals surface area contributed by atoms with Crippen LogP contribution in [0.3, 0.4) is 0 Å². The Morgan fingerprint density at radius 1 is 1.09 bits per heavy atom. The van der Waals surface area contributed by atoms with Gasteiger partial charge in [-0.2, -0.15) is 0 Å². The Kier molecular flexibility index (Phi) is 3.69. The first-order valence-electron chi connectivity index (χ1n) is 8.46. The van der Waals surface area contributed by atoms with E-state index in [4.69, 9.17) is 0 Å². The fraction of sp³-hybridized carbons (Fsp3) is 0.588. The summed E-state index contributed by atoms with van der Waals surface area (Å²) in [6, 6.07) is 5.50. The second-order valence-corrected chi connectivity index (χ2v) is 8.65. The van der Waals surface area contributed by atoms with E-state index in [0.29, 0.717) is 17.5 Å². The van der Waals surface area contributed by atoms with Crippen LogP contribution in [0.4, 0.5) is 0 Å². The highest BCUT2D eigenvalue weighted by Crippen LogP contribution is 2.31. The number of carbonyl (C=O) groups excluding carboxylic acids is 1. The van der Waals surface area contributed by atoms with Crippen molar-refractivity contribution in [2.45, 2.75) is 61.9 Å². The first-order valence-corrected chi connectivity index (χ1v) is 9.95. The summed E-state index contributed by atoms with van der Waals surface area (Å²) >= 11 is 0. The van der Waals surface area contributed by atoms with Crippen LogP contribution in [0, 0.1) is 0 Å². The SMILES string of the molecule is O=C1CC(NS(=O)(=O)c2ccc3c(c2)CCCC3)CN1C1CC1. The van der Waals surface area contributed by atoms with E-state index in [1.807, 2.05) is 17.0 Å². The summed E-state index contributed by atoms with van der Waals surface area (Å²) < 4.78 is 28.0. The third-order valence-corrected chi connectivity index (χ3v) is 6.62. The normalized spacial score (nSPS) is 24.8. The van der Waals surface area contributed by atoms with Crippen molar-refractivity contribution in [3.63, 3.8) is 0 Å². The molecule has 1 aliphatic heterocycles. The van der Waals surface area contributed by atoms with Gasteiger partial charge in [0.05, 0.1) is 4.90 Å². The topological polar surface area (TPSA) is 66.5 Å². The lowest BCUT2D eigenvalue weighted by Crippen LogP contribution is -2.37. The molecule has 0 radical (unpaired) electrons. The average molecular weight is 334 g/mol. The van der Waals surface area contributed by atoms with Crippen LogP contribution in [0.15, 0.2) is 23.1 Å². The predicted molar refractivity (Wildman–Crippen MR) is 86.5 cm³/mol. The van der Waals surface area contributed by atoms with Gasteiger partial charge in [-0.15, -0.1) is 0 Å². The van der Waals surface area contributed by atoms with Crippen molar-refractivity contribution in [1.82, 2.24) is 9.62 Å². The van der Waals surface area contributed by atoms with Crippen LogP contribution in [0.2, 0.25) is 0 Å². The van der Waals surface area contributed by atoms with Gasteiger partial charge in [-0.3, -0.25) is 4.79 Å². The molecule has 1 atom stereocenters.